The summed E-state index contributed by atoms with van der Waals surface area (Å²) in [6, 6.07) is 10.3. The molecule has 4 fully saturated rings. The Kier molecular flexibility index (Phi) is 4.44. The highest BCUT2D eigenvalue weighted by Gasteiger charge is 2.61. The van der Waals surface area contributed by atoms with Gasteiger partial charge in [0, 0.05) is 5.41 Å². The first-order valence-electron chi connectivity index (χ1n) is 11.5. The van der Waals surface area contributed by atoms with Crippen LogP contribution in [0.5, 0.6) is 0 Å². The molecule has 0 saturated heterocycles. The van der Waals surface area contributed by atoms with E-state index in [1.807, 2.05) is 18.2 Å². The van der Waals surface area contributed by atoms with Gasteiger partial charge in [-0.25, -0.2) is 0 Å². The van der Waals surface area contributed by atoms with Gasteiger partial charge in [-0.05, 0) is 91.2 Å². The molecular formula is C27H34O2. The molecular weight excluding hydrogens is 356 g/mol. The minimum Gasteiger partial charge on any atom is -0.393 e. The maximum Gasteiger partial charge on any atom is 0.165 e. The van der Waals surface area contributed by atoms with E-state index in [4.69, 9.17) is 0 Å². The van der Waals surface area contributed by atoms with Crippen molar-refractivity contribution in [3.8, 4) is 0 Å². The molecule has 0 radical (unpaired) electrons. The molecule has 29 heavy (non-hydrogen) atoms. The van der Waals surface area contributed by atoms with Crippen molar-refractivity contribution in [2.75, 3.05) is 0 Å². The van der Waals surface area contributed by atoms with Gasteiger partial charge in [-0.15, -0.1) is 0 Å². The van der Waals surface area contributed by atoms with E-state index in [9.17, 15) is 9.90 Å². The number of hydrogen-bond donors (Lipinski definition) is 1. The zero-order valence-electron chi connectivity index (χ0n) is 17.9. The fourth-order valence-corrected chi connectivity index (χ4v) is 7.77. The van der Waals surface area contributed by atoms with Gasteiger partial charge in [-0.3, -0.25) is 4.79 Å². The Balaban J connectivity index is 1.49. The summed E-state index contributed by atoms with van der Waals surface area (Å²) in [6.07, 6.45) is 9.01. The van der Waals surface area contributed by atoms with Gasteiger partial charge < -0.3 is 5.11 Å². The van der Waals surface area contributed by atoms with Gasteiger partial charge in [-0.1, -0.05) is 56.3 Å². The van der Waals surface area contributed by atoms with Gasteiger partial charge in [0.05, 0.1) is 6.10 Å². The zero-order chi connectivity index (χ0) is 20.4. The summed E-state index contributed by atoms with van der Waals surface area (Å²) in [5, 5.41) is 10.3. The van der Waals surface area contributed by atoms with E-state index >= 15 is 0 Å². The Morgan fingerprint density at radius 3 is 2.59 bits per heavy atom. The van der Waals surface area contributed by atoms with E-state index < -0.39 is 0 Å². The molecule has 4 saturated carbocycles. The van der Waals surface area contributed by atoms with E-state index in [1.165, 1.54) is 5.57 Å². The fourth-order valence-electron chi connectivity index (χ4n) is 7.77. The minimum absolute atomic E-state index is 0.163. The van der Waals surface area contributed by atoms with E-state index in [1.54, 1.807) is 0 Å². The molecule has 4 aliphatic carbocycles. The smallest absolute Gasteiger partial charge is 0.165 e. The first kappa shape index (κ1) is 19.3. The van der Waals surface area contributed by atoms with Crippen LogP contribution in [0.4, 0.5) is 0 Å². The molecule has 154 valence electrons. The van der Waals surface area contributed by atoms with Gasteiger partial charge in [0.1, 0.15) is 0 Å². The first-order chi connectivity index (χ1) is 13.8. The molecule has 0 aromatic heterocycles. The largest absolute Gasteiger partial charge is 0.393 e. The number of fused-ring (bicyclic) bond motifs is 5. The van der Waals surface area contributed by atoms with Crippen LogP contribution in [0.25, 0.3) is 6.08 Å². The van der Waals surface area contributed by atoms with Crippen molar-refractivity contribution in [3.05, 3.63) is 53.6 Å². The highest BCUT2D eigenvalue weighted by atomic mass is 16.3. The summed E-state index contributed by atoms with van der Waals surface area (Å²) in [5.41, 5.74) is 3.54. The van der Waals surface area contributed by atoms with Gasteiger partial charge in [-0.2, -0.15) is 0 Å². The van der Waals surface area contributed by atoms with Crippen LogP contribution in [-0.2, 0) is 4.79 Å². The van der Waals surface area contributed by atoms with Gasteiger partial charge in [0.15, 0.2) is 5.78 Å². The quantitative estimate of drug-likeness (QED) is 0.485. The Morgan fingerprint density at radius 2 is 1.83 bits per heavy atom. The molecule has 0 bridgehead atoms. The molecule has 0 amide bonds. The second kappa shape index (κ2) is 6.67. The molecule has 1 aromatic carbocycles. The van der Waals surface area contributed by atoms with E-state index in [-0.39, 0.29) is 16.9 Å². The van der Waals surface area contributed by atoms with Gasteiger partial charge in [0.25, 0.3) is 0 Å². The van der Waals surface area contributed by atoms with Crippen LogP contribution < -0.4 is 0 Å². The summed E-state index contributed by atoms with van der Waals surface area (Å²) in [7, 11) is 0. The summed E-state index contributed by atoms with van der Waals surface area (Å²) in [6.45, 7) is 9.21. The van der Waals surface area contributed by atoms with Crippen LogP contribution in [0.1, 0.15) is 64.4 Å². The summed E-state index contributed by atoms with van der Waals surface area (Å²) in [4.78, 5) is 13.5. The lowest BCUT2D eigenvalue weighted by Gasteiger charge is -2.60. The molecule has 2 heteroatoms. The van der Waals surface area contributed by atoms with Crippen molar-refractivity contribution < 1.29 is 9.90 Å². The van der Waals surface area contributed by atoms with E-state index in [2.05, 4.69) is 38.6 Å². The molecule has 5 rings (SSSR count). The third kappa shape index (κ3) is 2.82. The van der Waals surface area contributed by atoms with Crippen LogP contribution in [0.3, 0.4) is 0 Å². The summed E-state index contributed by atoms with van der Waals surface area (Å²) < 4.78 is 0. The maximum atomic E-state index is 13.5. The number of allylic oxidation sites excluding steroid dienone is 2. The van der Waals surface area contributed by atoms with Crippen molar-refractivity contribution in [2.24, 2.45) is 34.5 Å². The number of aliphatic hydroxyl groups excluding tert-OH is 1. The van der Waals surface area contributed by atoms with Gasteiger partial charge >= 0.3 is 0 Å². The SMILES string of the molecule is C=C1CC2C3CC(=Cc4ccccc4)C(=O)C3(C)CCC2C2(C)CCC(O)CC12. The highest BCUT2D eigenvalue weighted by molar-refractivity contribution is 6.05. The molecule has 1 N–H and O–H groups in total. The lowest BCUT2D eigenvalue weighted by Crippen LogP contribution is -2.54. The third-order valence-corrected chi connectivity index (χ3v) is 9.38. The average molecular weight is 391 g/mol. The molecule has 1 aromatic rings. The fraction of sp³-hybridized carbons (Fsp3) is 0.593. The lowest BCUT2D eigenvalue weighted by molar-refractivity contribution is -0.135. The van der Waals surface area contributed by atoms with Crippen LogP contribution in [0.15, 0.2) is 48.1 Å². The number of Topliss-reactive ketones (excluding diaryl/α,β-unsaturated/α-hetero) is 1. The molecule has 7 unspecified atom stereocenters. The Morgan fingerprint density at radius 1 is 1.07 bits per heavy atom. The number of carbonyl (C=O) groups is 1. The molecule has 2 nitrogen and oxygen atoms in total. The normalized spacial score (nSPS) is 45.6. The number of rotatable bonds is 1. The van der Waals surface area contributed by atoms with Gasteiger partial charge in [0.2, 0.25) is 0 Å². The Hall–Kier alpha value is -1.67. The molecule has 0 spiro atoms. The Bertz CT molecular complexity index is 868. The second-order valence-corrected chi connectivity index (χ2v) is 10.8. The predicted octanol–water partition coefficient (Wildman–Crippen LogP) is 5.82. The predicted molar refractivity (Wildman–Crippen MR) is 117 cm³/mol. The molecule has 4 aliphatic rings. The van der Waals surface area contributed by atoms with E-state index in [0.29, 0.717) is 29.5 Å². The first-order valence-corrected chi connectivity index (χ1v) is 11.5. The lowest BCUT2D eigenvalue weighted by atomic mass is 9.44. The summed E-state index contributed by atoms with van der Waals surface area (Å²) in [5.74, 6) is 2.50. The summed E-state index contributed by atoms with van der Waals surface area (Å²) >= 11 is 0. The van der Waals surface area contributed by atoms with E-state index in [0.717, 1.165) is 56.1 Å². The van der Waals surface area contributed by atoms with Crippen LogP contribution >= 0.6 is 0 Å². The molecule has 0 aliphatic heterocycles. The van der Waals surface area contributed by atoms with Crippen molar-refractivity contribution in [3.63, 3.8) is 0 Å². The molecule has 7 atom stereocenters. The van der Waals surface area contributed by atoms with Crippen molar-refractivity contribution in [1.82, 2.24) is 0 Å². The maximum absolute atomic E-state index is 13.5. The standard InChI is InChI=1S/C27H34O2/c1-17-13-21-22(26(2)11-9-20(28)16-23(17)26)10-12-27(3)24(21)15-19(25(27)29)14-18-7-5-4-6-8-18/h4-8,14,20-24,28H,1,9-13,15-16H2,2-3H3. The monoisotopic (exact) mass is 390 g/mol. The van der Waals surface area contributed by atoms with Crippen LogP contribution in [0, 0.1) is 34.5 Å². The Labute approximate surface area is 175 Å². The number of hydrogen-bond acceptors (Lipinski definition) is 2. The van der Waals surface area contributed by atoms with Crippen LogP contribution in [-0.4, -0.2) is 17.0 Å². The second-order valence-electron chi connectivity index (χ2n) is 10.8. The van der Waals surface area contributed by atoms with Crippen molar-refractivity contribution in [1.29, 1.82) is 0 Å². The highest BCUT2D eigenvalue weighted by Crippen LogP contribution is 2.67. The zero-order valence-corrected chi connectivity index (χ0v) is 17.9. The number of aliphatic hydroxyl groups is 1. The van der Waals surface area contributed by atoms with Crippen molar-refractivity contribution >= 4 is 11.9 Å². The topological polar surface area (TPSA) is 37.3 Å². The minimum atomic E-state index is -0.209. The molecule has 0 heterocycles. The number of benzene rings is 1. The van der Waals surface area contributed by atoms with Crippen molar-refractivity contribution in [2.45, 2.75) is 64.9 Å². The number of carbonyl (C=O) groups excluding carboxylic acids is 1. The average Bonchev–Trinajstić information content (AvgIpc) is 2.95. The van der Waals surface area contributed by atoms with Crippen LogP contribution in [0.2, 0.25) is 0 Å². The number of ketones is 1. The third-order valence-electron chi connectivity index (χ3n) is 9.38.